The van der Waals surface area contributed by atoms with Gasteiger partial charge in [-0.25, -0.2) is 15.0 Å². The van der Waals surface area contributed by atoms with Crippen LogP contribution in [-0.2, 0) is 0 Å². The molecule has 5 nitrogen and oxygen atoms in total. The summed E-state index contributed by atoms with van der Waals surface area (Å²) in [6, 6.07) is 68.2. The van der Waals surface area contributed by atoms with E-state index in [-0.39, 0.29) is 0 Å². The first-order valence-electron chi connectivity index (χ1n) is 18.8. The summed E-state index contributed by atoms with van der Waals surface area (Å²) in [6.07, 6.45) is 0. The molecule has 0 saturated heterocycles. The Labute approximate surface area is 329 Å². The van der Waals surface area contributed by atoms with Gasteiger partial charge in [-0.1, -0.05) is 152 Å². The van der Waals surface area contributed by atoms with Crippen LogP contribution >= 0.6 is 0 Å². The molecule has 0 aliphatic rings. The molecule has 2 heterocycles. The van der Waals surface area contributed by atoms with Crippen LogP contribution < -0.4 is 0 Å². The third-order valence-corrected chi connectivity index (χ3v) is 10.4. The fraction of sp³-hybridized carbons (Fsp3) is 0. The summed E-state index contributed by atoms with van der Waals surface area (Å²) in [4.78, 5) is 15.2. The number of benzene rings is 8. The van der Waals surface area contributed by atoms with Crippen LogP contribution in [0.4, 0.5) is 0 Å². The lowest BCUT2D eigenvalue weighted by atomic mass is 9.98. The molecular formula is C52H32N4O. The van der Waals surface area contributed by atoms with E-state index in [1.54, 1.807) is 0 Å². The summed E-state index contributed by atoms with van der Waals surface area (Å²) in [6.45, 7) is 0. The van der Waals surface area contributed by atoms with E-state index in [0.717, 1.165) is 72.0 Å². The second-order valence-corrected chi connectivity index (χ2v) is 14.0. The van der Waals surface area contributed by atoms with Gasteiger partial charge in [-0.05, 0) is 87.0 Å². The Hall–Kier alpha value is -7.94. The van der Waals surface area contributed by atoms with Crippen LogP contribution in [0.15, 0.2) is 199 Å². The summed E-state index contributed by atoms with van der Waals surface area (Å²) in [5, 5.41) is 11.4. The van der Waals surface area contributed by atoms with E-state index in [1.807, 2.05) is 66.7 Å². The van der Waals surface area contributed by atoms with E-state index in [9.17, 15) is 5.26 Å². The Morgan fingerprint density at radius 3 is 1.44 bits per heavy atom. The van der Waals surface area contributed by atoms with Gasteiger partial charge in [0.05, 0.1) is 11.6 Å². The molecule has 57 heavy (non-hydrogen) atoms. The lowest BCUT2D eigenvalue weighted by Crippen LogP contribution is -2.00. The summed E-state index contributed by atoms with van der Waals surface area (Å²) in [7, 11) is 0. The predicted octanol–water partition coefficient (Wildman–Crippen LogP) is 13.3. The molecule has 0 amide bonds. The largest absolute Gasteiger partial charge is 0.456 e. The zero-order valence-electron chi connectivity index (χ0n) is 30.7. The maximum Gasteiger partial charge on any atom is 0.164 e. The van der Waals surface area contributed by atoms with E-state index in [4.69, 9.17) is 19.4 Å². The fourth-order valence-corrected chi connectivity index (χ4v) is 7.48. The van der Waals surface area contributed by atoms with Gasteiger partial charge in [-0.3, -0.25) is 0 Å². The van der Waals surface area contributed by atoms with Crippen LogP contribution in [0.1, 0.15) is 5.56 Å². The third kappa shape index (κ3) is 6.52. The van der Waals surface area contributed by atoms with Crippen molar-refractivity contribution in [1.29, 1.82) is 5.26 Å². The van der Waals surface area contributed by atoms with Crippen molar-refractivity contribution in [3.05, 3.63) is 200 Å². The minimum Gasteiger partial charge on any atom is -0.456 e. The SMILES string of the molecule is N#Cc1ccc(-c2cccc(-c3nc(-c4ccc(-c5cccc(-c6ccccc6)c5)cc4)nc(-c4ccc5c(c4)oc4cccc(-c6ccccc6)c45)n3)c2)cc1. The molecule has 0 atom stereocenters. The molecule has 266 valence electrons. The van der Waals surface area contributed by atoms with Gasteiger partial charge in [0.1, 0.15) is 11.2 Å². The maximum atomic E-state index is 9.34. The van der Waals surface area contributed by atoms with Gasteiger partial charge in [0.25, 0.3) is 0 Å². The number of fused-ring (bicyclic) bond motifs is 3. The van der Waals surface area contributed by atoms with Gasteiger partial charge < -0.3 is 4.42 Å². The second-order valence-electron chi connectivity index (χ2n) is 14.0. The van der Waals surface area contributed by atoms with Crippen LogP contribution in [0.2, 0.25) is 0 Å². The molecule has 10 rings (SSSR count). The Morgan fingerprint density at radius 1 is 0.351 bits per heavy atom. The van der Waals surface area contributed by atoms with Crippen molar-refractivity contribution >= 4 is 21.9 Å². The molecule has 10 aromatic rings. The van der Waals surface area contributed by atoms with Crippen molar-refractivity contribution in [3.63, 3.8) is 0 Å². The first kappa shape index (κ1) is 33.6. The number of hydrogen-bond donors (Lipinski definition) is 0. The molecule has 2 aromatic heterocycles. The molecule has 0 bridgehead atoms. The molecule has 0 aliphatic carbocycles. The van der Waals surface area contributed by atoms with Gasteiger partial charge >= 0.3 is 0 Å². The molecule has 8 aromatic carbocycles. The van der Waals surface area contributed by atoms with Crippen molar-refractivity contribution in [1.82, 2.24) is 15.0 Å². The average molecular weight is 729 g/mol. The summed E-state index contributed by atoms with van der Waals surface area (Å²) in [5.74, 6) is 1.67. The highest BCUT2D eigenvalue weighted by atomic mass is 16.3. The monoisotopic (exact) mass is 728 g/mol. The number of rotatable bonds is 7. The molecular weight excluding hydrogens is 697 g/mol. The minimum absolute atomic E-state index is 0.545. The van der Waals surface area contributed by atoms with E-state index >= 15 is 0 Å². The van der Waals surface area contributed by atoms with Crippen molar-refractivity contribution in [3.8, 4) is 84.7 Å². The van der Waals surface area contributed by atoms with E-state index in [1.165, 1.54) is 11.1 Å². The average Bonchev–Trinajstić information content (AvgIpc) is 3.68. The fourth-order valence-electron chi connectivity index (χ4n) is 7.48. The molecule has 0 unspecified atom stereocenters. The van der Waals surface area contributed by atoms with Crippen LogP contribution in [0.3, 0.4) is 0 Å². The van der Waals surface area contributed by atoms with Crippen LogP contribution in [0, 0.1) is 11.3 Å². The van der Waals surface area contributed by atoms with Crippen LogP contribution in [-0.4, -0.2) is 15.0 Å². The maximum absolute atomic E-state index is 9.34. The Morgan fingerprint density at radius 2 is 0.807 bits per heavy atom. The molecule has 0 N–H and O–H groups in total. The highest BCUT2D eigenvalue weighted by Crippen LogP contribution is 2.38. The molecule has 5 heteroatoms. The van der Waals surface area contributed by atoms with Gasteiger partial charge in [0, 0.05) is 27.5 Å². The quantitative estimate of drug-likeness (QED) is 0.163. The summed E-state index contributed by atoms with van der Waals surface area (Å²) >= 11 is 0. The zero-order chi connectivity index (χ0) is 38.1. The summed E-state index contributed by atoms with van der Waals surface area (Å²) < 4.78 is 6.49. The number of aromatic nitrogens is 3. The third-order valence-electron chi connectivity index (χ3n) is 10.4. The molecule has 0 radical (unpaired) electrons. The molecule has 0 saturated carbocycles. The number of nitrogens with zero attached hydrogens (tertiary/aromatic N) is 4. The zero-order valence-corrected chi connectivity index (χ0v) is 30.7. The lowest BCUT2D eigenvalue weighted by molar-refractivity contribution is 0.669. The van der Waals surface area contributed by atoms with Crippen molar-refractivity contribution < 1.29 is 4.42 Å². The van der Waals surface area contributed by atoms with Crippen molar-refractivity contribution in [2.45, 2.75) is 0 Å². The van der Waals surface area contributed by atoms with Crippen molar-refractivity contribution in [2.24, 2.45) is 0 Å². The number of furan rings is 1. The first-order chi connectivity index (χ1) is 28.2. The molecule has 0 aliphatic heterocycles. The van der Waals surface area contributed by atoms with E-state index in [2.05, 4.69) is 133 Å². The second kappa shape index (κ2) is 14.4. The molecule has 0 fully saturated rings. The Kier molecular flexibility index (Phi) is 8.48. The van der Waals surface area contributed by atoms with Gasteiger partial charge in [0.2, 0.25) is 0 Å². The van der Waals surface area contributed by atoms with Crippen LogP contribution in [0.5, 0.6) is 0 Å². The van der Waals surface area contributed by atoms with Crippen LogP contribution in [0.25, 0.3) is 101 Å². The standard InChI is InChI=1S/C52H32N4O/c53-33-34-20-22-36(23-21-34)42-16-8-17-43(31-42)51-54-50(39-26-24-37(25-27-39)41-15-7-14-40(30-41)35-10-3-1-4-11-35)55-52(56-51)44-28-29-46-48(32-44)57-47-19-9-18-45(49(46)47)38-12-5-2-6-13-38/h1-32H. The van der Waals surface area contributed by atoms with E-state index < -0.39 is 0 Å². The van der Waals surface area contributed by atoms with Crippen molar-refractivity contribution in [2.75, 3.05) is 0 Å². The smallest absolute Gasteiger partial charge is 0.164 e. The highest BCUT2D eigenvalue weighted by Gasteiger charge is 2.17. The Balaban J connectivity index is 1.08. The minimum atomic E-state index is 0.545. The predicted molar refractivity (Wildman–Crippen MR) is 230 cm³/mol. The van der Waals surface area contributed by atoms with Gasteiger partial charge in [-0.2, -0.15) is 5.26 Å². The van der Waals surface area contributed by atoms with Gasteiger partial charge in [0.15, 0.2) is 17.5 Å². The van der Waals surface area contributed by atoms with Gasteiger partial charge in [-0.15, -0.1) is 0 Å². The topological polar surface area (TPSA) is 75.6 Å². The van der Waals surface area contributed by atoms with E-state index in [0.29, 0.717) is 23.0 Å². The number of hydrogen-bond acceptors (Lipinski definition) is 5. The number of nitriles is 1. The first-order valence-corrected chi connectivity index (χ1v) is 18.8. The molecule has 0 spiro atoms. The Bertz CT molecular complexity index is 3110. The highest BCUT2D eigenvalue weighted by molar-refractivity contribution is 6.13. The normalized spacial score (nSPS) is 11.1. The summed E-state index contributed by atoms with van der Waals surface area (Å²) in [5.41, 5.74) is 13.6. The lowest BCUT2D eigenvalue weighted by Gasteiger charge is -2.11.